The number of nitrogens with zero attached hydrogens (tertiary/aromatic N) is 3. The number of carbonyl (C=O) groups excluding carboxylic acids is 1. The molecule has 2 rings (SSSR count). The van der Waals surface area contributed by atoms with Gasteiger partial charge in [0, 0.05) is 19.7 Å². The summed E-state index contributed by atoms with van der Waals surface area (Å²) in [5.41, 5.74) is 0.526. The fourth-order valence-electron chi connectivity index (χ4n) is 2.21. The van der Waals surface area contributed by atoms with E-state index >= 15 is 0 Å². The Kier molecular flexibility index (Phi) is 6.41. The highest BCUT2D eigenvalue weighted by atomic mass is 16.5. The van der Waals surface area contributed by atoms with Gasteiger partial charge in [-0.3, -0.25) is 14.4 Å². The number of amides is 1. The molecule has 0 spiro atoms. The van der Waals surface area contributed by atoms with Gasteiger partial charge in [0.25, 0.3) is 11.5 Å². The minimum absolute atomic E-state index is 0.00730. The number of rotatable bonds is 8. The standard InChI is InChI=1S/C17H19N3O5/c1-25-10-9-19(12-16(22)23)17(24)14-7-8-15(21)20(18-14)11-13-5-3-2-4-6-13/h2-8H,9-12H2,1H3,(H,22,23). The molecule has 0 aliphatic heterocycles. The minimum atomic E-state index is -1.14. The number of carboxylic acid groups (broad SMARTS) is 1. The van der Waals surface area contributed by atoms with Gasteiger partial charge in [-0.1, -0.05) is 30.3 Å². The van der Waals surface area contributed by atoms with Gasteiger partial charge in [-0.25, -0.2) is 4.68 Å². The molecule has 2 aromatic rings. The Morgan fingerprint density at radius 2 is 1.92 bits per heavy atom. The minimum Gasteiger partial charge on any atom is -0.480 e. The van der Waals surface area contributed by atoms with Crippen molar-refractivity contribution in [3.63, 3.8) is 0 Å². The Morgan fingerprint density at radius 1 is 1.20 bits per heavy atom. The van der Waals surface area contributed by atoms with Crippen LogP contribution in [0.25, 0.3) is 0 Å². The lowest BCUT2D eigenvalue weighted by Gasteiger charge is -2.20. The average molecular weight is 345 g/mol. The average Bonchev–Trinajstić information content (AvgIpc) is 2.60. The number of methoxy groups -OCH3 is 1. The van der Waals surface area contributed by atoms with Crippen molar-refractivity contribution < 1.29 is 19.4 Å². The van der Waals surface area contributed by atoms with Gasteiger partial charge in [-0.05, 0) is 11.6 Å². The molecule has 8 heteroatoms. The molecule has 0 aliphatic carbocycles. The van der Waals surface area contributed by atoms with Crippen molar-refractivity contribution in [1.82, 2.24) is 14.7 Å². The fourth-order valence-corrected chi connectivity index (χ4v) is 2.21. The number of hydrogen-bond donors (Lipinski definition) is 1. The van der Waals surface area contributed by atoms with Crippen LogP contribution in [-0.2, 0) is 16.1 Å². The summed E-state index contributed by atoms with van der Waals surface area (Å²) in [5.74, 6) is -1.71. The van der Waals surface area contributed by atoms with Crippen molar-refractivity contribution in [2.45, 2.75) is 6.54 Å². The monoisotopic (exact) mass is 345 g/mol. The molecular weight excluding hydrogens is 326 g/mol. The third-order valence-corrected chi connectivity index (χ3v) is 3.44. The number of carboxylic acids is 1. The van der Waals surface area contributed by atoms with Gasteiger partial charge in [0.05, 0.1) is 13.2 Å². The van der Waals surface area contributed by atoms with E-state index in [1.807, 2.05) is 30.3 Å². The molecule has 0 saturated heterocycles. The number of carbonyl (C=O) groups is 2. The summed E-state index contributed by atoms with van der Waals surface area (Å²) in [5, 5.41) is 13.0. The highest BCUT2D eigenvalue weighted by Gasteiger charge is 2.20. The second kappa shape index (κ2) is 8.74. The molecule has 0 aliphatic rings. The SMILES string of the molecule is COCCN(CC(=O)O)C(=O)c1ccc(=O)n(Cc2ccccc2)n1. The molecule has 0 unspecified atom stereocenters. The van der Waals surface area contributed by atoms with Crippen molar-refractivity contribution in [3.8, 4) is 0 Å². The first kappa shape index (κ1) is 18.3. The van der Waals surface area contributed by atoms with E-state index in [1.54, 1.807) is 0 Å². The first-order valence-corrected chi connectivity index (χ1v) is 7.63. The molecule has 0 saturated carbocycles. The van der Waals surface area contributed by atoms with E-state index < -0.39 is 18.4 Å². The molecule has 0 radical (unpaired) electrons. The predicted molar refractivity (Wildman–Crippen MR) is 89.5 cm³/mol. The van der Waals surface area contributed by atoms with Crippen LogP contribution >= 0.6 is 0 Å². The van der Waals surface area contributed by atoms with Crippen LogP contribution in [0.5, 0.6) is 0 Å². The topological polar surface area (TPSA) is 102 Å². The fraction of sp³-hybridized carbons (Fsp3) is 0.294. The van der Waals surface area contributed by atoms with Crippen LogP contribution in [0.2, 0.25) is 0 Å². The maximum Gasteiger partial charge on any atom is 0.323 e. The quantitative estimate of drug-likeness (QED) is 0.746. The number of aromatic nitrogens is 2. The molecule has 1 aromatic carbocycles. The van der Waals surface area contributed by atoms with E-state index in [0.717, 1.165) is 10.5 Å². The van der Waals surface area contributed by atoms with Crippen LogP contribution in [-0.4, -0.2) is 58.5 Å². The van der Waals surface area contributed by atoms with Gasteiger partial charge < -0.3 is 14.7 Å². The largest absolute Gasteiger partial charge is 0.480 e. The summed E-state index contributed by atoms with van der Waals surface area (Å²) in [6, 6.07) is 11.8. The van der Waals surface area contributed by atoms with Gasteiger partial charge in [-0.2, -0.15) is 5.10 Å². The number of aliphatic carboxylic acids is 1. The summed E-state index contributed by atoms with van der Waals surface area (Å²) in [6.07, 6.45) is 0. The number of hydrogen-bond acceptors (Lipinski definition) is 5. The van der Waals surface area contributed by atoms with Gasteiger partial charge in [0.15, 0.2) is 0 Å². The Hall–Kier alpha value is -3.00. The first-order chi connectivity index (χ1) is 12.0. The molecule has 0 fully saturated rings. The second-order valence-electron chi connectivity index (χ2n) is 5.31. The van der Waals surface area contributed by atoms with Crippen molar-refractivity contribution in [2.75, 3.05) is 26.8 Å². The van der Waals surface area contributed by atoms with Crippen molar-refractivity contribution in [2.24, 2.45) is 0 Å². The third kappa shape index (κ3) is 5.25. The Labute approximate surface area is 144 Å². The lowest BCUT2D eigenvalue weighted by atomic mass is 10.2. The van der Waals surface area contributed by atoms with Crippen LogP contribution in [0.4, 0.5) is 0 Å². The highest BCUT2D eigenvalue weighted by Crippen LogP contribution is 2.03. The summed E-state index contributed by atoms with van der Waals surface area (Å²) in [4.78, 5) is 36.6. The Bertz CT molecular complexity index is 788. The zero-order chi connectivity index (χ0) is 18.2. The van der Waals surface area contributed by atoms with Crippen molar-refractivity contribution >= 4 is 11.9 Å². The smallest absolute Gasteiger partial charge is 0.323 e. The molecule has 1 amide bonds. The normalized spacial score (nSPS) is 10.4. The van der Waals surface area contributed by atoms with E-state index in [4.69, 9.17) is 9.84 Å². The number of ether oxygens (including phenoxy) is 1. The van der Waals surface area contributed by atoms with Crippen LogP contribution in [0.1, 0.15) is 16.1 Å². The van der Waals surface area contributed by atoms with Crippen LogP contribution in [0.3, 0.4) is 0 Å². The molecule has 8 nitrogen and oxygen atoms in total. The van der Waals surface area contributed by atoms with Gasteiger partial charge in [0.2, 0.25) is 0 Å². The summed E-state index contributed by atoms with van der Waals surface area (Å²) in [6.45, 7) is 0.0588. The van der Waals surface area contributed by atoms with E-state index in [2.05, 4.69) is 5.10 Å². The summed E-state index contributed by atoms with van der Waals surface area (Å²) >= 11 is 0. The molecule has 0 bridgehead atoms. The third-order valence-electron chi connectivity index (χ3n) is 3.44. The van der Waals surface area contributed by atoms with E-state index in [0.29, 0.717) is 0 Å². The maximum atomic E-state index is 12.5. The summed E-state index contributed by atoms with van der Waals surface area (Å²) < 4.78 is 6.08. The molecular formula is C17H19N3O5. The lowest BCUT2D eigenvalue weighted by molar-refractivity contribution is -0.137. The molecule has 0 atom stereocenters. The molecule has 1 N–H and O–H groups in total. The molecule has 25 heavy (non-hydrogen) atoms. The maximum absolute atomic E-state index is 12.5. The van der Waals surface area contributed by atoms with E-state index in [-0.39, 0.29) is 30.9 Å². The molecule has 132 valence electrons. The van der Waals surface area contributed by atoms with Crippen LogP contribution < -0.4 is 5.56 Å². The Balaban J connectivity index is 2.25. The zero-order valence-electron chi connectivity index (χ0n) is 13.8. The van der Waals surface area contributed by atoms with Gasteiger partial charge >= 0.3 is 5.97 Å². The second-order valence-corrected chi connectivity index (χ2v) is 5.31. The highest BCUT2D eigenvalue weighted by molar-refractivity contribution is 5.93. The predicted octanol–water partition coefficient (Wildman–Crippen LogP) is 0.465. The first-order valence-electron chi connectivity index (χ1n) is 7.63. The zero-order valence-corrected chi connectivity index (χ0v) is 13.8. The van der Waals surface area contributed by atoms with E-state index in [9.17, 15) is 14.4 Å². The number of benzene rings is 1. The van der Waals surface area contributed by atoms with Gasteiger partial charge in [0.1, 0.15) is 12.2 Å². The van der Waals surface area contributed by atoms with Crippen molar-refractivity contribution in [3.05, 3.63) is 64.1 Å². The molecule has 1 heterocycles. The van der Waals surface area contributed by atoms with Crippen molar-refractivity contribution in [1.29, 1.82) is 0 Å². The lowest BCUT2D eigenvalue weighted by Crippen LogP contribution is -2.39. The molecule has 1 aromatic heterocycles. The van der Waals surface area contributed by atoms with E-state index in [1.165, 1.54) is 23.9 Å². The summed E-state index contributed by atoms with van der Waals surface area (Å²) in [7, 11) is 1.46. The van der Waals surface area contributed by atoms with Crippen LogP contribution in [0.15, 0.2) is 47.3 Å². The van der Waals surface area contributed by atoms with Gasteiger partial charge in [-0.15, -0.1) is 0 Å². The Morgan fingerprint density at radius 3 is 2.56 bits per heavy atom. The van der Waals surface area contributed by atoms with Crippen LogP contribution in [0, 0.1) is 0 Å².